The smallest absolute Gasteiger partial charge is 0.226 e. The predicted molar refractivity (Wildman–Crippen MR) is 83.6 cm³/mol. The average Bonchev–Trinajstić information content (AvgIpc) is 2.99. The Morgan fingerprint density at radius 1 is 1.29 bits per heavy atom. The predicted octanol–water partition coefficient (Wildman–Crippen LogP) is 2.90. The molecule has 0 radical (unpaired) electrons. The molecular weight excluding hydrogens is 262 g/mol. The summed E-state index contributed by atoms with van der Waals surface area (Å²) < 4.78 is 5.62. The SMILES string of the molecule is CC1CCC(CN)CN1Cc1coc(-c2ccccc2)n1. The zero-order valence-corrected chi connectivity index (χ0v) is 12.5. The number of aromatic nitrogens is 1. The van der Waals surface area contributed by atoms with Gasteiger partial charge >= 0.3 is 0 Å². The van der Waals surface area contributed by atoms with Gasteiger partial charge in [-0.1, -0.05) is 18.2 Å². The minimum Gasteiger partial charge on any atom is -0.444 e. The highest BCUT2D eigenvalue weighted by Gasteiger charge is 2.25. The van der Waals surface area contributed by atoms with E-state index in [0.717, 1.165) is 30.9 Å². The molecule has 0 aliphatic carbocycles. The van der Waals surface area contributed by atoms with E-state index in [1.165, 1.54) is 12.8 Å². The van der Waals surface area contributed by atoms with Crippen LogP contribution in [0.25, 0.3) is 11.5 Å². The lowest BCUT2D eigenvalue weighted by Crippen LogP contribution is -2.43. The minimum atomic E-state index is 0.588. The van der Waals surface area contributed by atoms with Crippen molar-refractivity contribution in [3.8, 4) is 11.5 Å². The third kappa shape index (κ3) is 3.34. The van der Waals surface area contributed by atoms with Gasteiger partial charge in [-0.2, -0.15) is 0 Å². The van der Waals surface area contributed by atoms with Gasteiger partial charge in [0.2, 0.25) is 5.89 Å². The summed E-state index contributed by atoms with van der Waals surface area (Å²) in [5, 5.41) is 0. The van der Waals surface area contributed by atoms with Crippen LogP contribution < -0.4 is 5.73 Å². The maximum atomic E-state index is 5.82. The number of hydrogen-bond acceptors (Lipinski definition) is 4. The monoisotopic (exact) mass is 285 g/mol. The van der Waals surface area contributed by atoms with Gasteiger partial charge in [0.15, 0.2) is 0 Å². The maximum Gasteiger partial charge on any atom is 0.226 e. The van der Waals surface area contributed by atoms with Crippen molar-refractivity contribution >= 4 is 0 Å². The van der Waals surface area contributed by atoms with Crippen molar-refractivity contribution in [2.75, 3.05) is 13.1 Å². The highest BCUT2D eigenvalue weighted by Crippen LogP contribution is 2.24. The van der Waals surface area contributed by atoms with Crippen molar-refractivity contribution in [2.45, 2.75) is 32.4 Å². The Labute approximate surface area is 126 Å². The van der Waals surface area contributed by atoms with Gasteiger partial charge in [0.05, 0.1) is 5.69 Å². The van der Waals surface area contributed by atoms with Crippen molar-refractivity contribution in [3.63, 3.8) is 0 Å². The molecular formula is C17H23N3O. The minimum absolute atomic E-state index is 0.588. The van der Waals surface area contributed by atoms with Gasteiger partial charge in [-0.05, 0) is 44.4 Å². The molecule has 112 valence electrons. The highest BCUT2D eigenvalue weighted by atomic mass is 16.3. The molecule has 1 aliphatic rings. The molecule has 1 fully saturated rings. The number of benzene rings is 1. The summed E-state index contributed by atoms with van der Waals surface area (Å²) in [6.45, 7) is 4.96. The first kappa shape index (κ1) is 14.3. The van der Waals surface area contributed by atoms with Crippen molar-refractivity contribution in [2.24, 2.45) is 11.7 Å². The molecule has 2 atom stereocenters. The zero-order valence-electron chi connectivity index (χ0n) is 12.5. The number of hydrogen-bond donors (Lipinski definition) is 1. The van der Waals surface area contributed by atoms with Crippen LogP contribution in [0.4, 0.5) is 0 Å². The molecule has 2 unspecified atom stereocenters. The molecule has 2 heterocycles. The zero-order chi connectivity index (χ0) is 14.7. The van der Waals surface area contributed by atoms with Crippen LogP contribution in [-0.4, -0.2) is 29.0 Å². The van der Waals surface area contributed by atoms with Crippen LogP contribution >= 0.6 is 0 Å². The van der Waals surface area contributed by atoms with Gasteiger partial charge in [0, 0.05) is 24.7 Å². The summed E-state index contributed by atoms with van der Waals surface area (Å²) in [4.78, 5) is 7.09. The van der Waals surface area contributed by atoms with Crippen molar-refractivity contribution in [3.05, 3.63) is 42.3 Å². The van der Waals surface area contributed by atoms with Crippen LogP contribution in [-0.2, 0) is 6.54 Å². The summed E-state index contributed by atoms with van der Waals surface area (Å²) in [6, 6.07) is 10.6. The number of oxazole rings is 1. The Bertz CT molecular complexity index is 566. The Kier molecular flexibility index (Phi) is 4.36. The number of nitrogens with two attached hydrogens (primary N) is 1. The second kappa shape index (κ2) is 6.41. The number of likely N-dealkylation sites (tertiary alicyclic amines) is 1. The summed E-state index contributed by atoms with van der Waals surface area (Å²) in [6.07, 6.45) is 4.23. The Morgan fingerprint density at radius 2 is 2.10 bits per heavy atom. The maximum absolute atomic E-state index is 5.82. The van der Waals surface area contributed by atoms with Crippen molar-refractivity contribution < 1.29 is 4.42 Å². The number of rotatable bonds is 4. The topological polar surface area (TPSA) is 55.3 Å². The molecule has 4 heteroatoms. The molecule has 1 aromatic heterocycles. The molecule has 0 amide bonds. The van der Waals surface area contributed by atoms with E-state index in [4.69, 9.17) is 10.2 Å². The van der Waals surface area contributed by atoms with Gasteiger partial charge in [-0.15, -0.1) is 0 Å². The number of piperidine rings is 1. The van der Waals surface area contributed by atoms with Crippen molar-refractivity contribution in [1.82, 2.24) is 9.88 Å². The van der Waals surface area contributed by atoms with Crippen molar-refractivity contribution in [1.29, 1.82) is 0 Å². The molecule has 3 rings (SSSR count). The molecule has 0 saturated carbocycles. The number of nitrogens with zero attached hydrogens (tertiary/aromatic N) is 2. The third-order valence-electron chi connectivity index (χ3n) is 4.38. The van der Waals surface area contributed by atoms with Crippen LogP contribution in [0.3, 0.4) is 0 Å². The summed E-state index contributed by atoms with van der Waals surface area (Å²) in [7, 11) is 0. The normalized spacial score (nSPS) is 23.3. The van der Waals surface area contributed by atoms with Gasteiger partial charge in [0.1, 0.15) is 6.26 Å². The highest BCUT2D eigenvalue weighted by molar-refractivity contribution is 5.52. The average molecular weight is 285 g/mol. The summed E-state index contributed by atoms with van der Waals surface area (Å²) in [5.74, 6) is 1.31. The van der Waals surface area contributed by atoms with E-state index < -0.39 is 0 Å². The first-order valence-corrected chi connectivity index (χ1v) is 7.70. The van der Waals surface area contributed by atoms with Gasteiger partial charge in [-0.25, -0.2) is 4.98 Å². The van der Waals surface area contributed by atoms with E-state index in [1.807, 2.05) is 30.3 Å². The van der Waals surface area contributed by atoms with Crippen LogP contribution in [0.2, 0.25) is 0 Å². The summed E-state index contributed by atoms with van der Waals surface area (Å²) >= 11 is 0. The molecule has 1 aliphatic heterocycles. The molecule has 1 aromatic carbocycles. The van der Waals surface area contributed by atoms with E-state index in [2.05, 4.69) is 16.8 Å². The van der Waals surface area contributed by atoms with Gasteiger partial charge in [0.25, 0.3) is 0 Å². The fourth-order valence-electron chi connectivity index (χ4n) is 2.98. The lowest BCUT2D eigenvalue weighted by molar-refractivity contribution is 0.112. The van der Waals surface area contributed by atoms with Crippen LogP contribution in [0, 0.1) is 5.92 Å². The first-order chi connectivity index (χ1) is 10.3. The molecule has 21 heavy (non-hydrogen) atoms. The fourth-order valence-corrected chi connectivity index (χ4v) is 2.98. The fraction of sp³-hybridized carbons (Fsp3) is 0.471. The van der Waals surface area contributed by atoms with Crippen LogP contribution in [0.1, 0.15) is 25.5 Å². The van der Waals surface area contributed by atoms with Gasteiger partial charge in [-0.3, -0.25) is 4.90 Å². The van der Waals surface area contributed by atoms with E-state index in [-0.39, 0.29) is 0 Å². The Morgan fingerprint density at radius 3 is 2.86 bits per heavy atom. The lowest BCUT2D eigenvalue weighted by atomic mass is 9.93. The van der Waals surface area contributed by atoms with Crippen LogP contribution in [0.15, 0.2) is 41.0 Å². The third-order valence-corrected chi connectivity index (χ3v) is 4.38. The van der Waals surface area contributed by atoms with E-state index >= 15 is 0 Å². The van der Waals surface area contributed by atoms with E-state index in [9.17, 15) is 0 Å². The lowest BCUT2D eigenvalue weighted by Gasteiger charge is -2.37. The standard InChI is InChI=1S/C17H23N3O/c1-13-7-8-14(9-18)10-20(13)11-16-12-21-17(19-16)15-5-3-2-4-6-15/h2-6,12-14H,7-11,18H2,1H3. The van der Waals surface area contributed by atoms with Gasteiger partial charge < -0.3 is 10.2 Å². The molecule has 2 aromatic rings. The summed E-state index contributed by atoms with van der Waals surface area (Å²) in [5.41, 5.74) is 7.85. The molecule has 1 saturated heterocycles. The molecule has 2 N–H and O–H groups in total. The molecule has 0 spiro atoms. The first-order valence-electron chi connectivity index (χ1n) is 7.70. The van der Waals surface area contributed by atoms with E-state index in [0.29, 0.717) is 17.9 Å². The van der Waals surface area contributed by atoms with E-state index in [1.54, 1.807) is 6.26 Å². The Hall–Kier alpha value is -1.65. The molecule has 4 nitrogen and oxygen atoms in total. The largest absolute Gasteiger partial charge is 0.444 e. The second-order valence-electron chi connectivity index (χ2n) is 5.97. The van der Waals surface area contributed by atoms with Crippen LogP contribution in [0.5, 0.6) is 0 Å². The second-order valence-corrected chi connectivity index (χ2v) is 5.97. The quantitative estimate of drug-likeness (QED) is 0.938. The molecule has 0 bridgehead atoms. The Balaban J connectivity index is 1.69.